The second-order valence-electron chi connectivity index (χ2n) is 5.34. The summed E-state index contributed by atoms with van der Waals surface area (Å²) in [5.41, 5.74) is 2.64. The molecule has 0 unspecified atom stereocenters. The molecule has 6 nitrogen and oxygen atoms in total. The molecule has 2 aromatic rings. The van der Waals surface area contributed by atoms with E-state index in [2.05, 4.69) is 10.5 Å². The molecular weight excluding hydrogens is 357 g/mol. The third-order valence-electron chi connectivity index (χ3n) is 3.71. The molecule has 0 atom stereocenters. The first-order valence-corrected chi connectivity index (χ1v) is 9.52. The standard InChI is InChI=1S/C18H20FN3O3S/c1-3-22(4-2)26(24,25)16-10-7-9-14(12-16)18(23)21-20-13-15-8-5-6-11-17(15)19/h5-13H,3-4H2,1-2H3,(H,21,23)/b20-13-. The Hall–Kier alpha value is -2.58. The van der Waals surface area contributed by atoms with E-state index in [9.17, 15) is 17.6 Å². The van der Waals surface area contributed by atoms with Gasteiger partial charge in [-0.3, -0.25) is 4.79 Å². The second-order valence-corrected chi connectivity index (χ2v) is 7.28. The summed E-state index contributed by atoms with van der Waals surface area (Å²) in [7, 11) is -3.66. The molecule has 0 saturated carbocycles. The van der Waals surface area contributed by atoms with Gasteiger partial charge in [-0.05, 0) is 24.3 Å². The van der Waals surface area contributed by atoms with Gasteiger partial charge in [0.25, 0.3) is 5.91 Å². The van der Waals surface area contributed by atoms with E-state index in [1.54, 1.807) is 26.0 Å². The highest BCUT2D eigenvalue weighted by atomic mass is 32.2. The highest BCUT2D eigenvalue weighted by Gasteiger charge is 2.22. The Labute approximate surface area is 152 Å². The first-order chi connectivity index (χ1) is 12.4. The lowest BCUT2D eigenvalue weighted by Gasteiger charge is -2.18. The van der Waals surface area contributed by atoms with Gasteiger partial charge in [-0.15, -0.1) is 0 Å². The van der Waals surface area contributed by atoms with Crippen molar-refractivity contribution in [2.24, 2.45) is 5.10 Å². The normalized spacial score (nSPS) is 11.8. The van der Waals surface area contributed by atoms with E-state index < -0.39 is 21.7 Å². The Morgan fingerprint density at radius 2 is 1.85 bits per heavy atom. The van der Waals surface area contributed by atoms with Crippen LogP contribution in [0.1, 0.15) is 29.8 Å². The van der Waals surface area contributed by atoms with E-state index in [1.807, 2.05) is 0 Å². The van der Waals surface area contributed by atoms with Gasteiger partial charge in [0, 0.05) is 24.2 Å². The van der Waals surface area contributed by atoms with Crippen LogP contribution in [0.5, 0.6) is 0 Å². The van der Waals surface area contributed by atoms with Crippen molar-refractivity contribution in [3.8, 4) is 0 Å². The highest BCUT2D eigenvalue weighted by Crippen LogP contribution is 2.17. The van der Waals surface area contributed by atoms with Gasteiger partial charge in [0.1, 0.15) is 5.82 Å². The predicted octanol–water partition coefficient (Wildman–Crippen LogP) is 2.62. The summed E-state index contributed by atoms with van der Waals surface area (Å²) < 4.78 is 39.9. The van der Waals surface area contributed by atoms with E-state index in [0.717, 1.165) is 0 Å². The fourth-order valence-corrected chi connectivity index (χ4v) is 3.82. The lowest BCUT2D eigenvalue weighted by molar-refractivity contribution is 0.0955. The molecular formula is C18H20FN3O3S. The number of carbonyl (C=O) groups excluding carboxylic acids is 1. The molecule has 2 rings (SSSR count). The highest BCUT2D eigenvalue weighted by molar-refractivity contribution is 7.89. The van der Waals surface area contributed by atoms with Crippen molar-refractivity contribution >= 4 is 22.1 Å². The zero-order chi connectivity index (χ0) is 19.2. The molecule has 0 radical (unpaired) electrons. The summed E-state index contributed by atoms with van der Waals surface area (Å²) in [6, 6.07) is 11.7. The molecule has 1 N–H and O–H groups in total. The third-order valence-corrected chi connectivity index (χ3v) is 5.76. The first-order valence-electron chi connectivity index (χ1n) is 8.08. The molecule has 0 saturated heterocycles. The monoisotopic (exact) mass is 377 g/mol. The van der Waals surface area contributed by atoms with Crippen LogP contribution in [0.2, 0.25) is 0 Å². The molecule has 1 amide bonds. The van der Waals surface area contributed by atoms with Crippen molar-refractivity contribution in [2.75, 3.05) is 13.1 Å². The number of rotatable bonds is 7. The molecule has 0 aliphatic carbocycles. The van der Waals surface area contributed by atoms with Crippen LogP contribution in [0.3, 0.4) is 0 Å². The van der Waals surface area contributed by atoms with Gasteiger partial charge in [0.05, 0.1) is 11.1 Å². The third kappa shape index (κ3) is 4.53. The molecule has 0 heterocycles. The SMILES string of the molecule is CCN(CC)S(=O)(=O)c1cccc(C(=O)N/N=C\c2ccccc2F)c1. The number of hydrogen-bond donors (Lipinski definition) is 1. The van der Waals surface area contributed by atoms with Crippen molar-refractivity contribution < 1.29 is 17.6 Å². The topological polar surface area (TPSA) is 78.8 Å². The Bertz CT molecular complexity index is 909. The van der Waals surface area contributed by atoms with Gasteiger partial charge in [-0.25, -0.2) is 18.2 Å². The quantitative estimate of drug-likeness (QED) is 0.595. The first kappa shape index (κ1) is 19.7. The maximum Gasteiger partial charge on any atom is 0.271 e. The summed E-state index contributed by atoms with van der Waals surface area (Å²) in [5.74, 6) is -1.05. The number of benzene rings is 2. The summed E-state index contributed by atoms with van der Waals surface area (Å²) >= 11 is 0. The van der Waals surface area contributed by atoms with Crippen LogP contribution in [0.25, 0.3) is 0 Å². The number of hydrogen-bond acceptors (Lipinski definition) is 4. The maximum atomic E-state index is 13.5. The number of hydrazone groups is 1. The molecule has 0 spiro atoms. The van der Waals surface area contributed by atoms with E-state index in [1.165, 1.54) is 46.9 Å². The molecule has 0 bridgehead atoms. The lowest BCUT2D eigenvalue weighted by Crippen LogP contribution is -2.30. The Morgan fingerprint density at radius 3 is 2.50 bits per heavy atom. The lowest BCUT2D eigenvalue weighted by atomic mass is 10.2. The summed E-state index contributed by atoms with van der Waals surface area (Å²) in [6.45, 7) is 4.16. The van der Waals surface area contributed by atoms with E-state index in [-0.39, 0.29) is 16.0 Å². The minimum Gasteiger partial charge on any atom is -0.267 e. The zero-order valence-electron chi connectivity index (χ0n) is 14.5. The van der Waals surface area contributed by atoms with Gasteiger partial charge in [0.2, 0.25) is 10.0 Å². The van der Waals surface area contributed by atoms with Crippen LogP contribution in [0.4, 0.5) is 4.39 Å². The minimum absolute atomic E-state index is 0.0342. The number of sulfonamides is 1. The fraction of sp³-hybridized carbons (Fsp3) is 0.222. The number of carbonyl (C=O) groups is 1. The summed E-state index contributed by atoms with van der Waals surface area (Å²) in [6.07, 6.45) is 1.18. The summed E-state index contributed by atoms with van der Waals surface area (Å²) in [5, 5.41) is 3.71. The Morgan fingerprint density at radius 1 is 1.15 bits per heavy atom. The molecule has 8 heteroatoms. The summed E-state index contributed by atoms with van der Waals surface area (Å²) in [4.78, 5) is 12.2. The van der Waals surface area contributed by atoms with Crippen LogP contribution in [-0.2, 0) is 10.0 Å². The molecule has 138 valence electrons. The van der Waals surface area contributed by atoms with Crippen molar-refractivity contribution in [1.82, 2.24) is 9.73 Å². The van der Waals surface area contributed by atoms with Gasteiger partial charge in [-0.1, -0.05) is 38.1 Å². The zero-order valence-corrected chi connectivity index (χ0v) is 15.3. The average molecular weight is 377 g/mol. The predicted molar refractivity (Wildman–Crippen MR) is 98.0 cm³/mol. The second kappa shape index (κ2) is 8.68. The largest absolute Gasteiger partial charge is 0.271 e. The van der Waals surface area contributed by atoms with Crippen molar-refractivity contribution in [3.05, 3.63) is 65.5 Å². The maximum absolute atomic E-state index is 13.5. The van der Waals surface area contributed by atoms with Gasteiger partial charge < -0.3 is 0 Å². The number of nitrogens with one attached hydrogen (secondary N) is 1. The fourth-order valence-electron chi connectivity index (χ4n) is 2.32. The van der Waals surface area contributed by atoms with Crippen LogP contribution in [-0.4, -0.2) is 37.9 Å². The molecule has 0 aliphatic rings. The van der Waals surface area contributed by atoms with E-state index >= 15 is 0 Å². The number of amides is 1. The van der Waals surface area contributed by atoms with Crippen LogP contribution < -0.4 is 5.43 Å². The van der Waals surface area contributed by atoms with Crippen molar-refractivity contribution in [2.45, 2.75) is 18.7 Å². The number of halogens is 1. The smallest absolute Gasteiger partial charge is 0.267 e. The van der Waals surface area contributed by atoms with E-state index in [4.69, 9.17) is 0 Å². The molecule has 0 aromatic heterocycles. The molecule has 0 fully saturated rings. The number of nitrogens with zero attached hydrogens (tertiary/aromatic N) is 2. The Kier molecular flexibility index (Phi) is 6.59. The van der Waals surface area contributed by atoms with Crippen LogP contribution in [0, 0.1) is 5.82 Å². The Balaban J connectivity index is 2.17. The minimum atomic E-state index is -3.66. The van der Waals surface area contributed by atoms with Gasteiger partial charge in [0.15, 0.2) is 0 Å². The molecule has 26 heavy (non-hydrogen) atoms. The van der Waals surface area contributed by atoms with Crippen molar-refractivity contribution in [3.63, 3.8) is 0 Å². The molecule has 0 aliphatic heterocycles. The van der Waals surface area contributed by atoms with Crippen LogP contribution >= 0.6 is 0 Å². The van der Waals surface area contributed by atoms with Gasteiger partial charge in [-0.2, -0.15) is 9.41 Å². The van der Waals surface area contributed by atoms with E-state index in [0.29, 0.717) is 13.1 Å². The van der Waals surface area contributed by atoms with Gasteiger partial charge >= 0.3 is 0 Å². The average Bonchev–Trinajstić information content (AvgIpc) is 2.64. The van der Waals surface area contributed by atoms with Crippen molar-refractivity contribution in [1.29, 1.82) is 0 Å². The molecule has 2 aromatic carbocycles. The van der Waals surface area contributed by atoms with Crippen LogP contribution in [0.15, 0.2) is 58.5 Å².